The quantitative estimate of drug-likeness (QED) is 0.532. The predicted molar refractivity (Wildman–Crippen MR) is 93.4 cm³/mol. The van der Waals surface area contributed by atoms with E-state index in [-0.39, 0.29) is 6.42 Å². The van der Waals surface area contributed by atoms with E-state index in [4.69, 9.17) is 21.1 Å². The van der Waals surface area contributed by atoms with Crippen LogP contribution in [0, 0.1) is 0 Å². The number of benzene rings is 1. The van der Waals surface area contributed by atoms with E-state index in [0.29, 0.717) is 27.9 Å². The Kier molecular flexibility index (Phi) is 6.20. The zero-order valence-electron chi connectivity index (χ0n) is 14.4. The van der Waals surface area contributed by atoms with Crippen LogP contribution in [-0.4, -0.2) is 73.7 Å². The van der Waals surface area contributed by atoms with Gasteiger partial charge in [-0.15, -0.1) is 10.2 Å². The van der Waals surface area contributed by atoms with Gasteiger partial charge in [0.1, 0.15) is 30.5 Å². The summed E-state index contributed by atoms with van der Waals surface area (Å²) in [4.78, 5) is 4.15. The van der Waals surface area contributed by atoms with Crippen LogP contribution in [0.25, 0.3) is 0 Å². The summed E-state index contributed by atoms with van der Waals surface area (Å²) in [6, 6.07) is 4.97. The van der Waals surface area contributed by atoms with Crippen LogP contribution in [0.15, 0.2) is 24.4 Å². The molecule has 9 nitrogen and oxygen atoms in total. The molecule has 1 fully saturated rings. The van der Waals surface area contributed by atoms with Gasteiger partial charge in [-0.25, -0.2) is 4.98 Å². The average molecular weight is 398 g/mol. The molecule has 0 amide bonds. The second kappa shape index (κ2) is 8.42. The van der Waals surface area contributed by atoms with E-state index < -0.39 is 37.1 Å². The van der Waals surface area contributed by atoms with Gasteiger partial charge in [0, 0.05) is 11.4 Å². The van der Waals surface area contributed by atoms with Gasteiger partial charge in [0.15, 0.2) is 5.82 Å². The van der Waals surface area contributed by atoms with Crippen molar-refractivity contribution in [1.82, 2.24) is 15.2 Å². The molecule has 10 heteroatoms. The highest BCUT2D eigenvalue weighted by Gasteiger charge is 2.44. The van der Waals surface area contributed by atoms with Gasteiger partial charge in [0.2, 0.25) is 0 Å². The minimum atomic E-state index is -1.45. The van der Waals surface area contributed by atoms with Crippen molar-refractivity contribution in [1.29, 1.82) is 0 Å². The third kappa shape index (κ3) is 4.18. The highest BCUT2D eigenvalue weighted by molar-refractivity contribution is 6.31. The van der Waals surface area contributed by atoms with Crippen LogP contribution in [-0.2, 0) is 11.2 Å². The van der Waals surface area contributed by atoms with Crippen LogP contribution in [0.5, 0.6) is 5.88 Å². The van der Waals surface area contributed by atoms with Gasteiger partial charge >= 0.3 is 0 Å². The number of ether oxygens (including phenoxy) is 2. The maximum atomic E-state index is 10.3. The highest BCUT2D eigenvalue weighted by Crippen LogP contribution is 2.34. The number of hydrogen-bond acceptors (Lipinski definition) is 9. The summed E-state index contributed by atoms with van der Waals surface area (Å²) < 4.78 is 10.5. The summed E-state index contributed by atoms with van der Waals surface area (Å²) >= 11 is 6.25. The SMILES string of the molecule is COc1cnc(Cc2cc(C3OC(CO)C(O)C(O)C3O)ccc2Cl)nn1. The summed E-state index contributed by atoms with van der Waals surface area (Å²) in [6.07, 6.45) is -4.43. The van der Waals surface area contributed by atoms with Crippen LogP contribution in [0.4, 0.5) is 0 Å². The second-order valence-corrected chi connectivity index (χ2v) is 6.60. The molecule has 2 aromatic rings. The lowest BCUT2D eigenvalue weighted by atomic mass is 9.90. The molecule has 0 saturated carbocycles. The molecule has 1 aliphatic rings. The van der Waals surface area contributed by atoms with Gasteiger partial charge < -0.3 is 29.9 Å². The van der Waals surface area contributed by atoms with Crippen molar-refractivity contribution >= 4 is 11.6 Å². The van der Waals surface area contributed by atoms with Crippen molar-refractivity contribution in [2.45, 2.75) is 36.9 Å². The molecule has 1 aromatic carbocycles. The Hall–Kier alpha value is -1.88. The van der Waals surface area contributed by atoms with Crippen LogP contribution in [0.1, 0.15) is 23.1 Å². The minimum absolute atomic E-state index is 0.279. The maximum absolute atomic E-state index is 10.3. The number of aliphatic hydroxyl groups excluding tert-OH is 4. The number of methoxy groups -OCH3 is 1. The average Bonchev–Trinajstić information content (AvgIpc) is 2.69. The third-order valence-corrected chi connectivity index (χ3v) is 4.81. The van der Waals surface area contributed by atoms with E-state index in [9.17, 15) is 20.4 Å². The van der Waals surface area contributed by atoms with Gasteiger partial charge in [0.05, 0.1) is 19.9 Å². The third-order valence-electron chi connectivity index (χ3n) is 4.44. The van der Waals surface area contributed by atoms with E-state index in [1.807, 2.05) is 0 Å². The number of hydrogen-bond donors (Lipinski definition) is 4. The van der Waals surface area contributed by atoms with Crippen LogP contribution >= 0.6 is 11.6 Å². The lowest BCUT2D eigenvalue weighted by Crippen LogP contribution is -2.55. The molecule has 0 bridgehead atoms. The zero-order valence-corrected chi connectivity index (χ0v) is 15.2. The molecule has 5 unspecified atom stereocenters. The van der Waals surface area contributed by atoms with Gasteiger partial charge in [-0.2, -0.15) is 0 Å². The largest absolute Gasteiger partial charge is 0.479 e. The first kappa shape index (κ1) is 19.9. The lowest BCUT2D eigenvalue weighted by Gasteiger charge is -2.40. The van der Waals surface area contributed by atoms with Crippen LogP contribution in [0.2, 0.25) is 5.02 Å². The number of rotatable bonds is 5. The smallest absolute Gasteiger partial charge is 0.251 e. The van der Waals surface area contributed by atoms with Gasteiger partial charge in [-0.05, 0) is 17.2 Å². The van der Waals surface area contributed by atoms with Crippen molar-refractivity contribution in [3.63, 3.8) is 0 Å². The fourth-order valence-electron chi connectivity index (χ4n) is 2.92. The molecule has 0 spiro atoms. The molecule has 0 aliphatic carbocycles. The highest BCUT2D eigenvalue weighted by atomic mass is 35.5. The first-order valence-corrected chi connectivity index (χ1v) is 8.63. The molecule has 2 heterocycles. The van der Waals surface area contributed by atoms with Crippen LogP contribution in [0.3, 0.4) is 0 Å². The van der Waals surface area contributed by atoms with Crippen LogP contribution < -0.4 is 4.74 Å². The predicted octanol–water partition coefficient (Wildman–Crippen LogP) is -0.361. The van der Waals surface area contributed by atoms with Gasteiger partial charge in [0.25, 0.3) is 5.88 Å². The van der Waals surface area contributed by atoms with E-state index >= 15 is 0 Å². The minimum Gasteiger partial charge on any atom is -0.479 e. The fourth-order valence-corrected chi connectivity index (χ4v) is 3.10. The normalized spacial score (nSPS) is 28.1. The lowest BCUT2D eigenvalue weighted by molar-refractivity contribution is -0.231. The molecule has 4 N–H and O–H groups in total. The molecule has 5 atom stereocenters. The summed E-state index contributed by atoms with van der Waals surface area (Å²) in [5.41, 5.74) is 1.20. The summed E-state index contributed by atoms with van der Waals surface area (Å²) in [5.74, 6) is 0.712. The summed E-state index contributed by atoms with van der Waals surface area (Å²) in [5, 5.41) is 47.8. The van der Waals surface area contributed by atoms with Crippen molar-refractivity contribution < 1.29 is 29.9 Å². The molecule has 27 heavy (non-hydrogen) atoms. The van der Waals surface area contributed by atoms with E-state index in [2.05, 4.69) is 15.2 Å². The molecule has 0 radical (unpaired) electrons. The van der Waals surface area contributed by atoms with E-state index in [0.717, 1.165) is 0 Å². The topological polar surface area (TPSA) is 138 Å². The Morgan fingerprint density at radius 3 is 2.56 bits per heavy atom. The molecular formula is C17H20ClN3O6. The van der Waals surface area contributed by atoms with Crippen molar-refractivity contribution in [3.05, 3.63) is 46.4 Å². The Morgan fingerprint density at radius 2 is 1.93 bits per heavy atom. The second-order valence-electron chi connectivity index (χ2n) is 6.19. The van der Waals surface area contributed by atoms with E-state index in [1.54, 1.807) is 18.2 Å². The van der Waals surface area contributed by atoms with Crippen molar-refractivity contribution in [2.24, 2.45) is 0 Å². The Balaban J connectivity index is 1.85. The summed E-state index contributed by atoms with van der Waals surface area (Å²) in [7, 11) is 1.46. The number of halogens is 1. The zero-order chi connectivity index (χ0) is 19.6. The Morgan fingerprint density at radius 1 is 1.15 bits per heavy atom. The van der Waals surface area contributed by atoms with Gasteiger partial charge in [-0.1, -0.05) is 23.7 Å². The number of nitrogens with zero attached hydrogens (tertiary/aromatic N) is 3. The van der Waals surface area contributed by atoms with Crippen molar-refractivity contribution in [3.8, 4) is 5.88 Å². The van der Waals surface area contributed by atoms with Gasteiger partial charge in [-0.3, -0.25) is 0 Å². The van der Waals surface area contributed by atoms with E-state index in [1.165, 1.54) is 13.3 Å². The molecule has 3 rings (SSSR count). The molecular weight excluding hydrogens is 378 g/mol. The fraction of sp³-hybridized carbons (Fsp3) is 0.471. The summed E-state index contributed by atoms with van der Waals surface area (Å²) in [6.45, 7) is -0.493. The first-order valence-electron chi connectivity index (χ1n) is 8.26. The monoisotopic (exact) mass is 397 g/mol. The van der Waals surface area contributed by atoms with Crippen molar-refractivity contribution in [2.75, 3.05) is 13.7 Å². The molecule has 1 aromatic heterocycles. The molecule has 1 saturated heterocycles. The standard InChI is InChI=1S/C17H20ClN3O6/c1-26-13-6-19-12(20-21-13)5-9-4-8(2-3-10(9)18)17-16(25)15(24)14(23)11(7-22)27-17/h2-4,6,11,14-17,22-25H,5,7H2,1H3. The number of aromatic nitrogens is 3. The molecule has 1 aliphatic heterocycles. The Labute approximate surface area is 160 Å². The first-order chi connectivity index (χ1) is 12.9. The molecule has 146 valence electrons. The Bertz CT molecular complexity index is 776. The maximum Gasteiger partial charge on any atom is 0.251 e. The number of aliphatic hydroxyl groups is 4.